The predicted molar refractivity (Wildman–Crippen MR) is 170 cm³/mol. The molecule has 6 aromatic rings. The molecule has 0 fully saturated rings. The van der Waals surface area contributed by atoms with Gasteiger partial charge in [0.2, 0.25) is 5.82 Å². The van der Waals surface area contributed by atoms with E-state index in [0.29, 0.717) is 33.8 Å². The molecule has 0 bridgehead atoms. The van der Waals surface area contributed by atoms with Gasteiger partial charge in [0, 0.05) is 11.1 Å². The minimum Gasteiger partial charge on any atom is -0.497 e. The number of ether oxygens (including phenoxy) is 2. The monoisotopic (exact) mass is 649 g/mol. The fourth-order valence-corrected chi connectivity index (χ4v) is 6.88. The first-order chi connectivity index (χ1) is 23.2. The fourth-order valence-electron chi connectivity index (χ4n) is 6.88. The van der Waals surface area contributed by atoms with Gasteiger partial charge >= 0.3 is 0 Å². The van der Waals surface area contributed by atoms with Crippen molar-refractivity contribution in [2.75, 3.05) is 19.1 Å². The van der Waals surface area contributed by atoms with Crippen LogP contribution in [0.1, 0.15) is 20.7 Å². The zero-order valence-corrected chi connectivity index (χ0v) is 25.1. The molecule has 2 aliphatic rings. The van der Waals surface area contributed by atoms with Crippen molar-refractivity contribution in [3.63, 3.8) is 0 Å². The summed E-state index contributed by atoms with van der Waals surface area (Å²) in [4.78, 5) is 29.1. The Labute approximate surface area is 269 Å². The van der Waals surface area contributed by atoms with E-state index in [-0.39, 0.29) is 27.2 Å². The van der Waals surface area contributed by atoms with E-state index in [1.54, 1.807) is 48.5 Å². The van der Waals surface area contributed by atoms with Crippen molar-refractivity contribution in [1.29, 1.82) is 0 Å². The van der Waals surface area contributed by atoms with E-state index >= 15 is 8.78 Å². The van der Waals surface area contributed by atoms with E-state index in [9.17, 15) is 22.8 Å². The largest absolute Gasteiger partial charge is 0.497 e. The molecule has 8 rings (SSSR count). The number of amides is 2. The highest BCUT2D eigenvalue weighted by Crippen LogP contribution is 2.58. The Kier molecular flexibility index (Phi) is 6.42. The average molecular weight is 650 g/mol. The van der Waals surface area contributed by atoms with Crippen molar-refractivity contribution in [3.05, 3.63) is 125 Å². The number of benzene rings is 6. The van der Waals surface area contributed by atoms with Crippen molar-refractivity contribution < 1.29 is 41.0 Å². The Morgan fingerprint density at radius 2 is 0.875 bits per heavy atom. The third kappa shape index (κ3) is 3.83. The SMILES string of the molecule is COc1ccc(-c2c3c(c(-c4ccc(OC)cc4)c4c2-c2cccc5cccc-4c25)C(=O)N(c2c(F)c(F)c(F)c(F)c2F)C3=O)cc1. The molecule has 0 saturated heterocycles. The van der Waals surface area contributed by atoms with Gasteiger partial charge in [-0.2, -0.15) is 0 Å². The molecule has 10 heteroatoms. The van der Waals surface area contributed by atoms with Crippen LogP contribution in [0, 0.1) is 29.1 Å². The summed E-state index contributed by atoms with van der Waals surface area (Å²) in [7, 11) is 2.96. The molecular weight excluding hydrogens is 629 g/mol. The van der Waals surface area contributed by atoms with Crippen LogP contribution in [0.3, 0.4) is 0 Å². The summed E-state index contributed by atoms with van der Waals surface area (Å²) >= 11 is 0. The highest BCUT2D eigenvalue weighted by Gasteiger charge is 2.48. The maximum Gasteiger partial charge on any atom is 0.267 e. The van der Waals surface area contributed by atoms with E-state index in [4.69, 9.17) is 9.47 Å². The van der Waals surface area contributed by atoms with Crippen LogP contribution in [-0.4, -0.2) is 26.0 Å². The summed E-state index contributed by atoms with van der Waals surface area (Å²) in [5.74, 6) is -13.1. The van der Waals surface area contributed by atoms with Crippen molar-refractivity contribution in [2.24, 2.45) is 0 Å². The normalized spacial score (nSPS) is 12.9. The molecule has 2 amide bonds. The fraction of sp³-hybridized carbons (Fsp3) is 0.0526. The van der Waals surface area contributed by atoms with Crippen LogP contribution in [0.2, 0.25) is 0 Å². The lowest BCUT2D eigenvalue weighted by atomic mass is 9.81. The van der Waals surface area contributed by atoms with E-state index in [0.717, 1.165) is 21.9 Å². The molecule has 0 unspecified atom stereocenters. The molecule has 236 valence electrons. The molecule has 0 radical (unpaired) electrons. The molecular formula is C38H20F5NO4. The Morgan fingerprint density at radius 3 is 1.27 bits per heavy atom. The molecule has 0 N–H and O–H groups in total. The summed E-state index contributed by atoms with van der Waals surface area (Å²) < 4.78 is 84.5. The topological polar surface area (TPSA) is 55.8 Å². The minimum atomic E-state index is -2.41. The third-order valence-electron chi connectivity index (χ3n) is 8.94. The standard InChI is InChI=1S/C38H20F5NO4/c1-47-20-13-9-18(10-14-20)25-27-22-7-3-5-17-6-4-8-23(24(17)22)28(27)26(19-11-15-21(48-2)16-12-19)30-29(25)37(45)44(38(30)46)36-34(42)32(40)31(39)33(41)35(36)43/h3-16H,1-2H3. The number of anilines is 1. The predicted octanol–water partition coefficient (Wildman–Crippen LogP) is 9.33. The molecule has 1 aliphatic heterocycles. The summed E-state index contributed by atoms with van der Waals surface area (Å²) in [6.45, 7) is 0. The Morgan fingerprint density at radius 1 is 0.479 bits per heavy atom. The number of hydrogen-bond acceptors (Lipinski definition) is 4. The number of methoxy groups -OCH3 is 2. The number of fused-ring (bicyclic) bond motifs is 4. The molecule has 0 atom stereocenters. The second-order valence-corrected chi connectivity index (χ2v) is 11.3. The lowest BCUT2D eigenvalue weighted by Gasteiger charge is -2.20. The molecule has 0 aromatic heterocycles. The number of imide groups is 1. The first-order valence-corrected chi connectivity index (χ1v) is 14.6. The van der Waals surface area contributed by atoms with Crippen LogP contribution in [0.25, 0.3) is 55.3 Å². The molecule has 0 spiro atoms. The second-order valence-electron chi connectivity index (χ2n) is 11.3. The number of nitrogens with zero attached hydrogens (tertiary/aromatic N) is 1. The smallest absolute Gasteiger partial charge is 0.267 e. The van der Waals surface area contributed by atoms with Crippen LogP contribution in [0.15, 0.2) is 84.9 Å². The maximum atomic E-state index is 15.3. The van der Waals surface area contributed by atoms with Crippen molar-refractivity contribution >= 4 is 28.3 Å². The van der Waals surface area contributed by atoms with E-state index in [1.807, 2.05) is 36.4 Å². The highest BCUT2D eigenvalue weighted by atomic mass is 19.2. The van der Waals surface area contributed by atoms with Gasteiger partial charge in [-0.1, -0.05) is 60.7 Å². The van der Waals surface area contributed by atoms with Gasteiger partial charge in [0.05, 0.1) is 25.3 Å². The van der Waals surface area contributed by atoms with Crippen LogP contribution in [0.5, 0.6) is 11.5 Å². The van der Waals surface area contributed by atoms with Crippen LogP contribution >= 0.6 is 0 Å². The lowest BCUT2D eigenvalue weighted by molar-refractivity contribution is 0.0923. The zero-order valence-electron chi connectivity index (χ0n) is 25.1. The van der Waals surface area contributed by atoms with Gasteiger partial charge in [-0.3, -0.25) is 9.59 Å². The number of carbonyl (C=O) groups excluding carboxylic acids is 2. The Bertz CT molecular complexity index is 2250. The van der Waals surface area contributed by atoms with Gasteiger partial charge < -0.3 is 9.47 Å². The minimum absolute atomic E-state index is 0.0443. The molecule has 0 saturated carbocycles. The van der Waals surface area contributed by atoms with Gasteiger partial charge in [-0.25, -0.2) is 26.9 Å². The van der Waals surface area contributed by atoms with E-state index in [1.165, 1.54) is 14.2 Å². The molecule has 5 nitrogen and oxygen atoms in total. The van der Waals surface area contributed by atoms with Crippen molar-refractivity contribution in [1.82, 2.24) is 0 Å². The summed E-state index contributed by atoms with van der Waals surface area (Å²) in [5.41, 5.74) is 1.88. The quantitative estimate of drug-likeness (QED) is 0.0807. The average Bonchev–Trinajstić information content (AvgIpc) is 3.58. The zero-order chi connectivity index (χ0) is 33.6. The van der Waals surface area contributed by atoms with Crippen LogP contribution < -0.4 is 14.4 Å². The number of carbonyl (C=O) groups is 2. The number of hydrogen-bond donors (Lipinski definition) is 0. The number of halogens is 5. The molecule has 48 heavy (non-hydrogen) atoms. The van der Waals surface area contributed by atoms with Crippen molar-refractivity contribution in [3.8, 4) is 56.0 Å². The third-order valence-corrected chi connectivity index (χ3v) is 8.94. The Balaban J connectivity index is 1.55. The van der Waals surface area contributed by atoms with Gasteiger partial charge in [0.1, 0.15) is 17.2 Å². The molecule has 6 aromatic carbocycles. The van der Waals surface area contributed by atoms with E-state index < -0.39 is 46.6 Å². The van der Waals surface area contributed by atoms with Crippen LogP contribution in [0.4, 0.5) is 27.6 Å². The summed E-state index contributed by atoms with van der Waals surface area (Å²) in [6.07, 6.45) is 0. The summed E-state index contributed by atoms with van der Waals surface area (Å²) in [5, 5.41) is 1.75. The van der Waals surface area contributed by atoms with Crippen molar-refractivity contribution in [2.45, 2.75) is 0 Å². The van der Waals surface area contributed by atoms with Gasteiger partial charge in [0.25, 0.3) is 11.8 Å². The van der Waals surface area contributed by atoms with Gasteiger partial charge in [-0.15, -0.1) is 0 Å². The first kappa shape index (κ1) is 29.4. The second kappa shape index (κ2) is 10.5. The highest BCUT2D eigenvalue weighted by molar-refractivity contribution is 6.41. The molecule has 1 aliphatic carbocycles. The van der Waals surface area contributed by atoms with Gasteiger partial charge in [-0.05, 0) is 68.4 Å². The molecule has 1 heterocycles. The lowest BCUT2D eigenvalue weighted by Crippen LogP contribution is -2.32. The summed E-state index contributed by atoms with van der Waals surface area (Å²) in [6, 6.07) is 24.6. The van der Waals surface area contributed by atoms with Gasteiger partial charge in [0.15, 0.2) is 23.3 Å². The van der Waals surface area contributed by atoms with E-state index in [2.05, 4.69) is 0 Å². The number of rotatable bonds is 5. The maximum absolute atomic E-state index is 15.3. The first-order valence-electron chi connectivity index (χ1n) is 14.6. The Hall–Kier alpha value is -6.03. The van der Waals surface area contributed by atoms with Crippen LogP contribution in [-0.2, 0) is 0 Å².